The Morgan fingerprint density at radius 2 is 1.76 bits per heavy atom. The molecule has 0 aliphatic carbocycles. The number of hydrogen-bond acceptors (Lipinski definition) is 2. The minimum atomic E-state index is -0.143. The van der Waals surface area contributed by atoms with Crippen LogP contribution in [0.2, 0.25) is 0 Å². The van der Waals surface area contributed by atoms with E-state index < -0.39 is 0 Å². The van der Waals surface area contributed by atoms with E-state index in [9.17, 15) is 4.79 Å². The number of hydrogen-bond donors (Lipinski definition) is 2. The molecular weight excluding hydrogens is 214 g/mol. The quantitative estimate of drug-likeness (QED) is 0.609. The van der Waals surface area contributed by atoms with Crippen LogP contribution in [0.25, 0.3) is 0 Å². The zero-order valence-corrected chi connectivity index (χ0v) is 10.7. The lowest BCUT2D eigenvalue weighted by Crippen LogP contribution is -2.28. The summed E-state index contributed by atoms with van der Waals surface area (Å²) < 4.78 is 0. The van der Waals surface area contributed by atoms with Crippen LogP contribution in [0.3, 0.4) is 0 Å². The van der Waals surface area contributed by atoms with Crippen LogP contribution in [0.4, 0.5) is 11.4 Å². The smallest absolute Gasteiger partial charge is 0.221 e. The van der Waals surface area contributed by atoms with Crippen molar-refractivity contribution in [3.63, 3.8) is 0 Å². The number of aliphatic imine (C=N–C) groups is 1. The van der Waals surface area contributed by atoms with Crippen molar-refractivity contribution in [3.05, 3.63) is 24.3 Å². The Balaban J connectivity index is 2.85. The van der Waals surface area contributed by atoms with Gasteiger partial charge in [-0.1, -0.05) is 20.8 Å². The van der Waals surface area contributed by atoms with Gasteiger partial charge in [0, 0.05) is 18.0 Å². The van der Waals surface area contributed by atoms with Crippen molar-refractivity contribution in [1.82, 2.24) is 0 Å². The third-order valence-corrected chi connectivity index (χ3v) is 2.21. The predicted molar refractivity (Wildman–Crippen MR) is 71.5 cm³/mol. The van der Waals surface area contributed by atoms with E-state index >= 15 is 0 Å². The molecule has 0 atom stereocenters. The lowest BCUT2D eigenvalue weighted by Gasteiger charge is -2.17. The van der Waals surface area contributed by atoms with Crippen LogP contribution >= 0.6 is 0 Å². The van der Waals surface area contributed by atoms with Crippen molar-refractivity contribution in [2.75, 3.05) is 5.32 Å². The molecule has 1 aromatic rings. The van der Waals surface area contributed by atoms with Gasteiger partial charge in [0.05, 0.1) is 5.69 Å². The van der Waals surface area contributed by atoms with Gasteiger partial charge in [0.25, 0.3) is 0 Å². The number of carbonyl (C=O) groups is 1. The zero-order valence-electron chi connectivity index (χ0n) is 10.7. The van der Waals surface area contributed by atoms with Gasteiger partial charge in [-0.25, -0.2) is 4.99 Å². The van der Waals surface area contributed by atoms with Crippen molar-refractivity contribution >= 4 is 23.1 Å². The van der Waals surface area contributed by atoms with Crippen molar-refractivity contribution in [2.45, 2.75) is 27.7 Å². The molecule has 4 heteroatoms. The van der Waals surface area contributed by atoms with Crippen LogP contribution in [0.15, 0.2) is 29.3 Å². The molecule has 92 valence electrons. The number of amidine groups is 1. The molecular formula is C13H19N3O. The summed E-state index contributed by atoms with van der Waals surface area (Å²) in [6.45, 7) is 7.51. The molecule has 4 nitrogen and oxygen atoms in total. The SMILES string of the molecule is CC(=O)Nc1ccc(N=C(N)C(C)(C)C)cc1. The van der Waals surface area contributed by atoms with Crippen LogP contribution in [-0.2, 0) is 4.79 Å². The Hall–Kier alpha value is -1.84. The first-order chi connectivity index (χ1) is 7.79. The molecule has 0 aliphatic heterocycles. The van der Waals surface area contributed by atoms with Crippen molar-refractivity contribution in [2.24, 2.45) is 16.1 Å². The van der Waals surface area contributed by atoms with E-state index in [1.165, 1.54) is 6.92 Å². The molecule has 0 heterocycles. The number of amides is 1. The van der Waals surface area contributed by atoms with E-state index in [2.05, 4.69) is 10.3 Å². The third kappa shape index (κ3) is 4.26. The van der Waals surface area contributed by atoms with Gasteiger partial charge < -0.3 is 11.1 Å². The van der Waals surface area contributed by atoms with E-state index in [0.717, 1.165) is 11.4 Å². The fourth-order valence-corrected chi connectivity index (χ4v) is 1.13. The molecule has 1 aromatic carbocycles. The molecule has 0 unspecified atom stereocenters. The molecule has 0 fully saturated rings. The fourth-order valence-electron chi connectivity index (χ4n) is 1.13. The van der Waals surface area contributed by atoms with Gasteiger partial charge >= 0.3 is 0 Å². The molecule has 0 aromatic heterocycles. The summed E-state index contributed by atoms with van der Waals surface area (Å²) in [5.74, 6) is 0.500. The summed E-state index contributed by atoms with van der Waals surface area (Å²) >= 11 is 0. The van der Waals surface area contributed by atoms with Crippen LogP contribution in [0.5, 0.6) is 0 Å². The second kappa shape index (κ2) is 4.99. The van der Waals surface area contributed by atoms with E-state index in [4.69, 9.17) is 5.73 Å². The maximum Gasteiger partial charge on any atom is 0.221 e. The molecule has 17 heavy (non-hydrogen) atoms. The van der Waals surface area contributed by atoms with Crippen molar-refractivity contribution in [1.29, 1.82) is 0 Å². The van der Waals surface area contributed by atoms with Gasteiger partial charge in [-0.05, 0) is 24.3 Å². The standard InChI is InChI=1S/C13H19N3O/c1-9(17)15-10-5-7-11(8-6-10)16-12(14)13(2,3)4/h5-8H,1-4H3,(H2,14,16)(H,15,17). The van der Waals surface area contributed by atoms with Crippen LogP contribution in [0, 0.1) is 5.41 Å². The lowest BCUT2D eigenvalue weighted by molar-refractivity contribution is -0.114. The Morgan fingerprint density at radius 1 is 1.24 bits per heavy atom. The van der Waals surface area contributed by atoms with Crippen LogP contribution in [0.1, 0.15) is 27.7 Å². The lowest BCUT2D eigenvalue weighted by atomic mass is 9.95. The molecule has 0 spiro atoms. The highest BCUT2D eigenvalue weighted by Gasteiger charge is 2.15. The molecule has 0 radical (unpaired) electrons. The van der Waals surface area contributed by atoms with Gasteiger partial charge in [-0.2, -0.15) is 0 Å². The molecule has 3 N–H and O–H groups in total. The monoisotopic (exact) mass is 233 g/mol. The maximum atomic E-state index is 10.8. The summed E-state index contributed by atoms with van der Waals surface area (Å²) in [5, 5.41) is 2.70. The van der Waals surface area contributed by atoms with Gasteiger partial charge in [0.15, 0.2) is 0 Å². The predicted octanol–water partition coefficient (Wildman–Crippen LogP) is 2.68. The minimum Gasteiger partial charge on any atom is -0.387 e. The first kappa shape index (κ1) is 13.2. The van der Waals surface area contributed by atoms with E-state index in [1.54, 1.807) is 12.1 Å². The number of anilines is 1. The summed E-state index contributed by atoms with van der Waals surface area (Å²) in [7, 11) is 0. The molecule has 1 amide bonds. The van der Waals surface area contributed by atoms with E-state index in [0.29, 0.717) is 5.84 Å². The molecule has 1 rings (SSSR count). The van der Waals surface area contributed by atoms with Gasteiger partial charge in [0.2, 0.25) is 5.91 Å². The average Bonchev–Trinajstić information content (AvgIpc) is 2.18. The second-order valence-corrected chi connectivity index (χ2v) is 4.98. The summed E-state index contributed by atoms with van der Waals surface area (Å²) in [4.78, 5) is 15.2. The molecule has 0 saturated carbocycles. The zero-order chi connectivity index (χ0) is 13.1. The third-order valence-electron chi connectivity index (χ3n) is 2.21. The first-order valence-corrected chi connectivity index (χ1v) is 5.51. The molecule has 0 saturated heterocycles. The number of nitrogens with zero attached hydrogens (tertiary/aromatic N) is 1. The largest absolute Gasteiger partial charge is 0.387 e. The molecule has 0 bridgehead atoms. The Kier molecular flexibility index (Phi) is 3.89. The Bertz CT molecular complexity index is 427. The number of nitrogens with one attached hydrogen (secondary N) is 1. The Labute approximate surface area is 102 Å². The van der Waals surface area contributed by atoms with Crippen LogP contribution < -0.4 is 11.1 Å². The van der Waals surface area contributed by atoms with Gasteiger partial charge in [-0.15, -0.1) is 0 Å². The number of rotatable bonds is 2. The highest BCUT2D eigenvalue weighted by atomic mass is 16.1. The van der Waals surface area contributed by atoms with Gasteiger partial charge in [-0.3, -0.25) is 4.79 Å². The van der Waals surface area contributed by atoms with Crippen molar-refractivity contribution in [3.8, 4) is 0 Å². The summed E-state index contributed by atoms with van der Waals surface area (Å²) in [5.41, 5.74) is 7.28. The summed E-state index contributed by atoms with van der Waals surface area (Å²) in [6, 6.07) is 7.25. The second-order valence-electron chi connectivity index (χ2n) is 4.98. The minimum absolute atomic E-state index is 0.0875. The maximum absolute atomic E-state index is 10.8. The fraction of sp³-hybridized carbons (Fsp3) is 0.385. The Morgan fingerprint density at radius 3 is 2.18 bits per heavy atom. The molecule has 0 aliphatic rings. The van der Waals surface area contributed by atoms with Crippen LogP contribution in [-0.4, -0.2) is 11.7 Å². The summed E-state index contributed by atoms with van der Waals surface area (Å²) in [6.07, 6.45) is 0. The highest BCUT2D eigenvalue weighted by molar-refractivity contribution is 5.89. The first-order valence-electron chi connectivity index (χ1n) is 5.51. The van der Waals surface area contributed by atoms with E-state index in [-0.39, 0.29) is 11.3 Å². The number of carbonyl (C=O) groups excluding carboxylic acids is 1. The normalized spacial score (nSPS) is 12.4. The number of benzene rings is 1. The van der Waals surface area contributed by atoms with Gasteiger partial charge in [0.1, 0.15) is 5.84 Å². The van der Waals surface area contributed by atoms with Crippen molar-refractivity contribution < 1.29 is 4.79 Å². The van der Waals surface area contributed by atoms with E-state index in [1.807, 2.05) is 32.9 Å². The number of nitrogens with two attached hydrogens (primary N) is 1. The topological polar surface area (TPSA) is 67.5 Å². The average molecular weight is 233 g/mol. The highest BCUT2D eigenvalue weighted by Crippen LogP contribution is 2.20.